The quantitative estimate of drug-likeness (QED) is 0.678. The minimum Gasteiger partial charge on any atom is -0.395 e. The first-order valence-corrected chi connectivity index (χ1v) is 8.79. The van der Waals surface area contributed by atoms with Crippen LogP contribution in [-0.4, -0.2) is 28.2 Å². The molecule has 0 aliphatic rings. The summed E-state index contributed by atoms with van der Waals surface area (Å²) in [6, 6.07) is 19.3. The zero-order valence-corrected chi connectivity index (χ0v) is 15.0. The molecule has 0 radical (unpaired) electrons. The van der Waals surface area contributed by atoms with E-state index in [2.05, 4.69) is 9.97 Å². The molecule has 26 heavy (non-hydrogen) atoms. The van der Waals surface area contributed by atoms with Gasteiger partial charge in [-0.2, -0.15) is 0 Å². The Morgan fingerprint density at radius 1 is 0.923 bits per heavy atom. The molecular formula is C21H20ClN3O. The number of rotatable bonds is 7. The van der Waals surface area contributed by atoms with Crippen LogP contribution in [0.1, 0.15) is 17.0 Å². The van der Waals surface area contributed by atoms with Crippen LogP contribution < -0.4 is 4.90 Å². The Bertz CT molecular complexity index is 868. The van der Waals surface area contributed by atoms with Gasteiger partial charge in [0.05, 0.1) is 18.0 Å². The highest BCUT2D eigenvalue weighted by molar-refractivity contribution is 6.31. The molecule has 0 bridgehead atoms. The van der Waals surface area contributed by atoms with Crippen molar-refractivity contribution < 1.29 is 5.11 Å². The van der Waals surface area contributed by atoms with Crippen LogP contribution in [0.25, 0.3) is 12.2 Å². The third-order valence-electron chi connectivity index (χ3n) is 3.88. The normalized spacial score (nSPS) is 11.0. The Hall–Kier alpha value is -2.69. The van der Waals surface area contributed by atoms with Gasteiger partial charge >= 0.3 is 0 Å². The Labute approximate surface area is 158 Å². The van der Waals surface area contributed by atoms with E-state index in [9.17, 15) is 5.11 Å². The maximum Gasteiger partial charge on any atom is 0.129 e. The number of anilines is 1. The molecule has 2 heterocycles. The lowest BCUT2D eigenvalue weighted by atomic mass is 10.2. The molecule has 0 aliphatic heterocycles. The Morgan fingerprint density at radius 2 is 1.69 bits per heavy atom. The van der Waals surface area contributed by atoms with Gasteiger partial charge in [-0.3, -0.25) is 4.98 Å². The van der Waals surface area contributed by atoms with Gasteiger partial charge in [-0.05, 0) is 48.0 Å². The summed E-state index contributed by atoms with van der Waals surface area (Å²) in [5.41, 5.74) is 2.71. The van der Waals surface area contributed by atoms with E-state index in [4.69, 9.17) is 11.6 Å². The Morgan fingerprint density at radius 3 is 2.46 bits per heavy atom. The molecule has 0 saturated heterocycles. The fourth-order valence-corrected chi connectivity index (χ4v) is 2.78. The van der Waals surface area contributed by atoms with Crippen LogP contribution in [0.15, 0.2) is 66.9 Å². The number of aliphatic hydroxyl groups excluding tert-OH is 1. The first kappa shape index (κ1) is 18.1. The lowest BCUT2D eigenvalue weighted by molar-refractivity contribution is 0.301. The number of nitrogens with zero attached hydrogens (tertiary/aromatic N) is 3. The number of aromatic nitrogens is 2. The molecule has 0 saturated carbocycles. The van der Waals surface area contributed by atoms with Crippen molar-refractivity contribution in [2.75, 3.05) is 18.1 Å². The maximum atomic E-state index is 9.44. The van der Waals surface area contributed by atoms with Crippen molar-refractivity contribution in [1.29, 1.82) is 0 Å². The smallest absolute Gasteiger partial charge is 0.129 e. The molecule has 0 unspecified atom stereocenters. The minimum absolute atomic E-state index is 0.0418. The van der Waals surface area contributed by atoms with Crippen molar-refractivity contribution >= 4 is 29.6 Å². The van der Waals surface area contributed by atoms with E-state index in [1.165, 1.54) is 0 Å². The SMILES string of the molecule is OCCN(Cc1ccccc1Cl)c1cccc(/C=C/c2ccccn2)n1. The van der Waals surface area contributed by atoms with Gasteiger partial charge < -0.3 is 10.0 Å². The standard InChI is InChI=1S/C21H20ClN3O/c22-20-9-2-1-6-17(20)16-25(14-15-26)21-10-5-8-19(24-21)12-11-18-7-3-4-13-23-18/h1-13,26H,14-16H2/b12-11+. The van der Waals surface area contributed by atoms with E-state index in [1.54, 1.807) is 6.20 Å². The second-order valence-electron chi connectivity index (χ2n) is 5.75. The van der Waals surface area contributed by atoms with Gasteiger partial charge in [0.25, 0.3) is 0 Å². The van der Waals surface area contributed by atoms with Crippen LogP contribution in [0.5, 0.6) is 0 Å². The Kier molecular flexibility index (Phi) is 6.36. The van der Waals surface area contributed by atoms with Crippen LogP contribution in [0.4, 0.5) is 5.82 Å². The second kappa shape index (κ2) is 9.13. The lowest BCUT2D eigenvalue weighted by Crippen LogP contribution is -2.27. The predicted molar refractivity (Wildman–Crippen MR) is 107 cm³/mol. The maximum absolute atomic E-state index is 9.44. The molecule has 0 atom stereocenters. The van der Waals surface area contributed by atoms with Gasteiger partial charge in [-0.15, -0.1) is 0 Å². The van der Waals surface area contributed by atoms with Crippen molar-refractivity contribution in [3.05, 3.63) is 88.8 Å². The second-order valence-corrected chi connectivity index (χ2v) is 6.15. The van der Waals surface area contributed by atoms with E-state index in [1.807, 2.05) is 77.7 Å². The molecule has 5 heteroatoms. The molecule has 0 aliphatic carbocycles. The summed E-state index contributed by atoms with van der Waals surface area (Å²) in [7, 11) is 0. The van der Waals surface area contributed by atoms with E-state index in [-0.39, 0.29) is 6.61 Å². The van der Waals surface area contributed by atoms with Gasteiger partial charge in [0, 0.05) is 24.3 Å². The summed E-state index contributed by atoms with van der Waals surface area (Å²) in [4.78, 5) is 11.0. The van der Waals surface area contributed by atoms with Gasteiger partial charge in [0.2, 0.25) is 0 Å². The molecule has 1 N–H and O–H groups in total. The van der Waals surface area contributed by atoms with Crippen molar-refractivity contribution in [3.8, 4) is 0 Å². The van der Waals surface area contributed by atoms with Crippen molar-refractivity contribution in [2.45, 2.75) is 6.54 Å². The fourth-order valence-electron chi connectivity index (χ4n) is 2.58. The van der Waals surface area contributed by atoms with Gasteiger partial charge in [-0.1, -0.05) is 41.9 Å². The molecule has 0 fully saturated rings. The topological polar surface area (TPSA) is 49.2 Å². The molecule has 4 nitrogen and oxygen atoms in total. The molecule has 0 amide bonds. The fraction of sp³-hybridized carbons (Fsp3) is 0.143. The molecular weight excluding hydrogens is 346 g/mol. The minimum atomic E-state index is 0.0418. The number of pyridine rings is 2. The van der Waals surface area contributed by atoms with Crippen molar-refractivity contribution in [3.63, 3.8) is 0 Å². The number of hydrogen-bond donors (Lipinski definition) is 1. The van der Waals surface area contributed by atoms with E-state index in [0.717, 1.165) is 22.8 Å². The molecule has 3 aromatic rings. The summed E-state index contributed by atoms with van der Waals surface area (Å²) in [5.74, 6) is 0.794. The molecule has 2 aromatic heterocycles. The first-order valence-electron chi connectivity index (χ1n) is 8.41. The van der Waals surface area contributed by atoms with E-state index >= 15 is 0 Å². The predicted octanol–water partition coefficient (Wildman–Crippen LogP) is 4.30. The lowest BCUT2D eigenvalue weighted by Gasteiger charge is -2.23. The van der Waals surface area contributed by atoms with Crippen molar-refractivity contribution in [1.82, 2.24) is 9.97 Å². The highest BCUT2D eigenvalue weighted by atomic mass is 35.5. The third-order valence-corrected chi connectivity index (χ3v) is 4.25. The van der Waals surface area contributed by atoms with Gasteiger partial charge in [-0.25, -0.2) is 4.98 Å². The summed E-state index contributed by atoms with van der Waals surface area (Å²) < 4.78 is 0. The van der Waals surface area contributed by atoms with Crippen LogP contribution in [0.3, 0.4) is 0 Å². The summed E-state index contributed by atoms with van der Waals surface area (Å²) >= 11 is 6.28. The van der Waals surface area contributed by atoms with Gasteiger partial charge in [0.1, 0.15) is 5.82 Å². The molecule has 132 valence electrons. The summed E-state index contributed by atoms with van der Waals surface area (Å²) in [6.07, 6.45) is 5.62. The monoisotopic (exact) mass is 365 g/mol. The average Bonchev–Trinajstić information content (AvgIpc) is 2.69. The third kappa shape index (κ3) is 4.91. The van der Waals surface area contributed by atoms with E-state index in [0.29, 0.717) is 18.1 Å². The van der Waals surface area contributed by atoms with Crippen molar-refractivity contribution in [2.24, 2.45) is 0 Å². The highest BCUT2D eigenvalue weighted by Crippen LogP contribution is 2.21. The largest absolute Gasteiger partial charge is 0.395 e. The van der Waals surface area contributed by atoms with Crippen LogP contribution >= 0.6 is 11.6 Å². The Balaban J connectivity index is 1.81. The zero-order chi connectivity index (χ0) is 18.2. The number of aliphatic hydroxyl groups is 1. The summed E-state index contributed by atoms with van der Waals surface area (Å²) in [6.45, 7) is 1.10. The zero-order valence-electron chi connectivity index (χ0n) is 14.3. The molecule has 0 spiro atoms. The van der Waals surface area contributed by atoms with Crippen LogP contribution in [0, 0.1) is 0 Å². The summed E-state index contributed by atoms with van der Waals surface area (Å²) in [5, 5.41) is 10.2. The number of benzene rings is 1. The number of halogens is 1. The first-order chi connectivity index (χ1) is 12.8. The average molecular weight is 366 g/mol. The van der Waals surface area contributed by atoms with Crippen LogP contribution in [0.2, 0.25) is 5.02 Å². The van der Waals surface area contributed by atoms with E-state index < -0.39 is 0 Å². The molecule has 1 aromatic carbocycles. The number of hydrogen-bond acceptors (Lipinski definition) is 4. The van der Waals surface area contributed by atoms with Crippen LogP contribution in [-0.2, 0) is 6.54 Å². The molecule has 3 rings (SSSR count). The highest BCUT2D eigenvalue weighted by Gasteiger charge is 2.10. The van der Waals surface area contributed by atoms with Gasteiger partial charge in [0.15, 0.2) is 0 Å².